The number of amides is 2. The third-order valence-corrected chi connectivity index (χ3v) is 3.70. The maximum Gasteiger partial charge on any atom is 0.337 e. The Morgan fingerprint density at radius 2 is 1.84 bits per heavy atom. The van der Waals surface area contributed by atoms with Gasteiger partial charge in [-0.15, -0.1) is 0 Å². The van der Waals surface area contributed by atoms with E-state index in [0.717, 1.165) is 0 Å². The minimum Gasteiger partial charge on any atom is -0.465 e. The summed E-state index contributed by atoms with van der Waals surface area (Å²) in [5.41, 5.74) is 0.926. The van der Waals surface area contributed by atoms with Crippen LogP contribution in [0.5, 0.6) is 0 Å². The van der Waals surface area contributed by atoms with Gasteiger partial charge in [0.2, 0.25) is 5.91 Å². The van der Waals surface area contributed by atoms with Crippen molar-refractivity contribution < 1.29 is 19.1 Å². The monoisotopic (exact) mass is 380 g/mol. The predicted molar refractivity (Wildman–Crippen MR) is 95.2 cm³/mol. The van der Waals surface area contributed by atoms with Crippen LogP contribution in [-0.2, 0) is 9.53 Å². The number of hydrogen-bond acceptors (Lipinski definition) is 4. The number of carbonyl (C=O) groups excluding carboxylic acids is 3. The molecule has 0 aliphatic carbocycles. The fourth-order valence-electron chi connectivity index (χ4n) is 1.98. The van der Waals surface area contributed by atoms with Gasteiger partial charge in [0, 0.05) is 10.7 Å². The van der Waals surface area contributed by atoms with Crippen molar-refractivity contribution in [3.8, 4) is 0 Å². The van der Waals surface area contributed by atoms with Crippen LogP contribution in [0.1, 0.15) is 20.7 Å². The molecule has 0 saturated carbocycles. The molecule has 130 valence electrons. The Balaban J connectivity index is 1.94. The minimum absolute atomic E-state index is 0.191. The van der Waals surface area contributed by atoms with Gasteiger partial charge in [-0.25, -0.2) is 4.79 Å². The number of anilines is 1. The maximum absolute atomic E-state index is 12.0. The van der Waals surface area contributed by atoms with Gasteiger partial charge in [-0.05, 0) is 36.4 Å². The average Bonchev–Trinajstić information content (AvgIpc) is 2.59. The van der Waals surface area contributed by atoms with Crippen LogP contribution >= 0.6 is 23.2 Å². The average molecular weight is 381 g/mol. The summed E-state index contributed by atoms with van der Waals surface area (Å²) in [4.78, 5) is 35.4. The van der Waals surface area contributed by atoms with Crippen LogP contribution < -0.4 is 10.6 Å². The molecule has 2 aromatic rings. The topological polar surface area (TPSA) is 84.5 Å². The lowest BCUT2D eigenvalue weighted by Crippen LogP contribution is -2.33. The number of ether oxygens (including phenoxy) is 1. The molecule has 0 atom stereocenters. The Bertz CT molecular complexity index is 824. The Morgan fingerprint density at radius 3 is 2.52 bits per heavy atom. The van der Waals surface area contributed by atoms with Crippen LogP contribution in [0.15, 0.2) is 42.5 Å². The van der Waals surface area contributed by atoms with Gasteiger partial charge < -0.3 is 15.4 Å². The highest BCUT2D eigenvalue weighted by Gasteiger charge is 2.13. The van der Waals surface area contributed by atoms with Crippen molar-refractivity contribution in [3.63, 3.8) is 0 Å². The Hall–Kier alpha value is -2.57. The highest BCUT2D eigenvalue weighted by molar-refractivity contribution is 6.36. The number of carbonyl (C=O) groups is 3. The molecule has 0 heterocycles. The summed E-state index contributed by atoms with van der Waals surface area (Å²) in [6, 6.07) is 10.7. The molecule has 0 radical (unpaired) electrons. The number of nitrogens with one attached hydrogen (secondary N) is 2. The van der Waals surface area contributed by atoms with Crippen molar-refractivity contribution >= 4 is 46.7 Å². The second-order valence-electron chi connectivity index (χ2n) is 4.93. The lowest BCUT2D eigenvalue weighted by atomic mass is 10.2. The molecular weight excluding hydrogens is 367 g/mol. The summed E-state index contributed by atoms with van der Waals surface area (Å²) < 4.78 is 4.61. The third kappa shape index (κ3) is 5.20. The lowest BCUT2D eigenvalue weighted by Gasteiger charge is -2.09. The largest absolute Gasteiger partial charge is 0.465 e. The molecule has 25 heavy (non-hydrogen) atoms. The number of halogens is 2. The predicted octanol–water partition coefficient (Wildman–Crippen LogP) is 3.15. The number of rotatable bonds is 5. The smallest absolute Gasteiger partial charge is 0.337 e. The van der Waals surface area contributed by atoms with Gasteiger partial charge in [-0.2, -0.15) is 0 Å². The number of hydrogen-bond donors (Lipinski definition) is 2. The van der Waals surface area contributed by atoms with Crippen molar-refractivity contribution in [2.45, 2.75) is 0 Å². The summed E-state index contributed by atoms with van der Waals surface area (Å²) in [7, 11) is 1.27. The van der Waals surface area contributed by atoms with E-state index in [2.05, 4.69) is 15.4 Å². The van der Waals surface area contributed by atoms with Gasteiger partial charge in [0.1, 0.15) is 0 Å². The second kappa shape index (κ2) is 8.50. The molecule has 8 heteroatoms. The molecule has 0 spiro atoms. The first-order valence-corrected chi connectivity index (χ1v) is 7.88. The summed E-state index contributed by atoms with van der Waals surface area (Å²) in [6.45, 7) is -0.264. The van der Waals surface area contributed by atoms with Gasteiger partial charge in [0.05, 0.1) is 29.8 Å². The molecule has 6 nitrogen and oxygen atoms in total. The molecule has 0 aromatic heterocycles. The van der Waals surface area contributed by atoms with Gasteiger partial charge in [-0.3, -0.25) is 9.59 Å². The molecule has 2 aromatic carbocycles. The van der Waals surface area contributed by atoms with Gasteiger partial charge in [-0.1, -0.05) is 29.3 Å². The Kier molecular flexibility index (Phi) is 6.38. The third-order valence-electron chi connectivity index (χ3n) is 3.15. The van der Waals surface area contributed by atoms with Crippen molar-refractivity contribution in [1.82, 2.24) is 5.32 Å². The first-order chi connectivity index (χ1) is 11.9. The molecule has 2 rings (SSSR count). The van der Waals surface area contributed by atoms with Gasteiger partial charge in [0.25, 0.3) is 5.91 Å². The van der Waals surface area contributed by atoms with Crippen molar-refractivity contribution in [1.29, 1.82) is 0 Å². The second-order valence-corrected chi connectivity index (χ2v) is 5.77. The van der Waals surface area contributed by atoms with E-state index in [1.54, 1.807) is 18.2 Å². The Morgan fingerprint density at radius 1 is 1.08 bits per heavy atom. The number of benzene rings is 2. The molecule has 0 bridgehead atoms. The van der Waals surface area contributed by atoms with Gasteiger partial charge >= 0.3 is 5.97 Å². The zero-order valence-corrected chi connectivity index (χ0v) is 14.6. The summed E-state index contributed by atoms with van der Waals surface area (Å²) in [5.74, 6) is -1.47. The van der Waals surface area contributed by atoms with E-state index >= 15 is 0 Å². The molecule has 2 amide bonds. The van der Waals surface area contributed by atoms with Crippen LogP contribution in [0.25, 0.3) is 0 Å². The SMILES string of the molecule is COC(=O)c1cccc(NC(=O)CNC(=O)c2ccc(Cl)cc2Cl)c1. The van der Waals surface area contributed by atoms with Crippen LogP contribution in [0.4, 0.5) is 5.69 Å². The summed E-state index contributed by atoms with van der Waals surface area (Å²) >= 11 is 11.7. The molecule has 2 N–H and O–H groups in total. The Labute approximate surface area is 154 Å². The first kappa shape index (κ1) is 18.8. The lowest BCUT2D eigenvalue weighted by molar-refractivity contribution is -0.115. The maximum atomic E-state index is 12.0. The molecular formula is C17H14Cl2N2O4. The molecule has 0 fully saturated rings. The quantitative estimate of drug-likeness (QED) is 0.780. The van der Waals surface area contributed by atoms with Crippen molar-refractivity contribution in [2.75, 3.05) is 19.0 Å². The van der Waals surface area contributed by atoms with Gasteiger partial charge in [0.15, 0.2) is 0 Å². The normalized spacial score (nSPS) is 10.0. The standard InChI is InChI=1S/C17H14Cl2N2O4/c1-25-17(24)10-3-2-4-12(7-10)21-15(22)9-20-16(23)13-6-5-11(18)8-14(13)19/h2-8H,9H2,1H3,(H,20,23)(H,21,22). The van der Waals surface area contributed by atoms with Crippen LogP contribution in [0, 0.1) is 0 Å². The minimum atomic E-state index is -0.512. The molecule has 0 aliphatic rings. The van der Waals surface area contributed by atoms with Crippen molar-refractivity contribution in [3.05, 3.63) is 63.6 Å². The highest BCUT2D eigenvalue weighted by Crippen LogP contribution is 2.20. The van der Waals surface area contributed by atoms with E-state index < -0.39 is 17.8 Å². The zero-order chi connectivity index (χ0) is 18.4. The van der Waals surface area contributed by atoms with E-state index in [1.165, 1.54) is 31.4 Å². The van der Waals surface area contributed by atoms with Crippen LogP contribution in [0.3, 0.4) is 0 Å². The number of methoxy groups -OCH3 is 1. The summed E-state index contributed by atoms with van der Waals surface area (Å²) in [5, 5.41) is 5.63. The molecule has 0 unspecified atom stereocenters. The summed E-state index contributed by atoms with van der Waals surface area (Å²) in [6.07, 6.45) is 0. The highest BCUT2D eigenvalue weighted by atomic mass is 35.5. The number of esters is 1. The van der Waals surface area contributed by atoms with E-state index in [0.29, 0.717) is 16.3 Å². The van der Waals surface area contributed by atoms with E-state index in [9.17, 15) is 14.4 Å². The van der Waals surface area contributed by atoms with Crippen LogP contribution in [0.2, 0.25) is 10.0 Å². The fourth-order valence-corrected chi connectivity index (χ4v) is 2.47. The van der Waals surface area contributed by atoms with E-state index in [-0.39, 0.29) is 17.1 Å². The zero-order valence-electron chi connectivity index (χ0n) is 13.1. The molecule has 0 aliphatic heterocycles. The fraction of sp³-hybridized carbons (Fsp3) is 0.118. The van der Waals surface area contributed by atoms with Crippen molar-refractivity contribution in [2.24, 2.45) is 0 Å². The molecule has 0 saturated heterocycles. The van der Waals surface area contributed by atoms with E-state index in [4.69, 9.17) is 23.2 Å². The van der Waals surface area contributed by atoms with Crippen LogP contribution in [-0.4, -0.2) is 31.4 Å². The van der Waals surface area contributed by atoms with E-state index in [1.807, 2.05) is 0 Å². The first-order valence-electron chi connectivity index (χ1n) is 7.12.